The third-order valence-electron chi connectivity index (χ3n) is 5.20. The molecule has 0 spiro atoms. The molecule has 5 unspecified atom stereocenters. The van der Waals surface area contributed by atoms with E-state index in [9.17, 15) is 10.1 Å². The van der Waals surface area contributed by atoms with Gasteiger partial charge in [0.05, 0.1) is 0 Å². The highest BCUT2D eigenvalue weighted by molar-refractivity contribution is 4.97. The Balaban J connectivity index is 1.86. The molecule has 3 nitrogen and oxygen atoms in total. The van der Waals surface area contributed by atoms with Crippen molar-refractivity contribution < 1.29 is 4.92 Å². The van der Waals surface area contributed by atoms with Crippen LogP contribution in [0.2, 0.25) is 0 Å². The second-order valence-electron chi connectivity index (χ2n) is 5.70. The van der Waals surface area contributed by atoms with Crippen LogP contribution in [0.15, 0.2) is 0 Å². The fourth-order valence-corrected chi connectivity index (χ4v) is 4.69. The van der Waals surface area contributed by atoms with Gasteiger partial charge in [0.25, 0.3) is 0 Å². The maximum atomic E-state index is 11.0. The fraction of sp³-hybridized carbons (Fsp3) is 1.00. The lowest BCUT2D eigenvalue weighted by atomic mass is 9.63. The Morgan fingerprint density at radius 2 is 1.60 bits per heavy atom. The molecule has 0 radical (unpaired) electrons. The van der Waals surface area contributed by atoms with Crippen LogP contribution < -0.4 is 0 Å². The molecule has 0 heterocycles. The van der Waals surface area contributed by atoms with Gasteiger partial charge in [0.1, 0.15) is 0 Å². The molecule has 0 bridgehead atoms. The van der Waals surface area contributed by atoms with Crippen LogP contribution >= 0.6 is 0 Å². The van der Waals surface area contributed by atoms with Crippen LogP contribution in [0.5, 0.6) is 0 Å². The average Bonchev–Trinajstić information content (AvgIpc) is 2.64. The molecule has 3 heteroatoms. The minimum atomic E-state index is -0.202. The lowest BCUT2D eigenvalue weighted by Gasteiger charge is -2.41. The molecule has 3 saturated carbocycles. The van der Waals surface area contributed by atoms with E-state index in [2.05, 4.69) is 0 Å². The first kappa shape index (κ1) is 9.61. The van der Waals surface area contributed by atoms with Gasteiger partial charge < -0.3 is 0 Å². The van der Waals surface area contributed by atoms with E-state index >= 15 is 0 Å². The van der Waals surface area contributed by atoms with Crippen LogP contribution in [0.25, 0.3) is 0 Å². The Morgan fingerprint density at radius 3 is 2.33 bits per heavy atom. The molecule has 0 amide bonds. The van der Waals surface area contributed by atoms with Gasteiger partial charge in [0.2, 0.25) is 6.04 Å². The maximum Gasteiger partial charge on any atom is 0.216 e. The van der Waals surface area contributed by atoms with E-state index in [-0.39, 0.29) is 11.0 Å². The number of nitrogens with zero attached hydrogens (tertiary/aromatic N) is 1. The Morgan fingerprint density at radius 1 is 0.933 bits per heavy atom. The molecular weight excluding hydrogens is 190 g/mol. The number of nitro groups is 1. The summed E-state index contributed by atoms with van der Waals surface area (Å²) < 4.78 is 0. The Hall–Kier alpha value is -0.600. The standard InChI is InChI=1S/C12H19NO2/c14-13(15)11-7-6-9-5-4-8-2-1-3-10(11)12(8)9/h8-12H,1-7H2. The molecule has 3 fully saturated rings. The van der Waals surface area contributed by atoms with Crippen molar-refractivity contribution in [3.05, 3.63) is 10.1 Å². The number of hydrogen-bond donors (Lipinski definition) is 0. The van der Waals surface area contributed by atoms with Gasteiger partial charge in [0.15, 0.2) is 0 Å². The molecule has 5 atom stereocenters. The van der Waals surface area contributed by atoms with Gasteiger partial charge in [-0.15, -0.1) is 0 Å². The van der Waals surface area contributed by atoms with Crippen molar-refractivity contribution >= 4 is 0 Å². The van der Waals surface area contributed by atoms with E-state index in [1.54, 1.807) is 0 Å². The predicted octanol–water partition coefficient (Wildman–Crippen LogP) is 2.87. The van der Waals surface area contributed by atoms with E-state index in [4.69, 9.17) is 0 Å². The summed E-state index contributed by atoms with van der Waals surface area (Å²) in [5, 5.41) is 11.0. The number of hydrogen-bond acceptors (Lipinski definition) is 2. The van der Waals surface area contributed by atoms with E-state index in [0.29, 0.717) is 5.92 Å². The number of rotatable bonds is 1. The van der Waals surface area contributed by atoms with E-state index in [0.717, 1.165) is 37.0 Å². The zero-order valence-electron chi connectivity index (χ0n) is 9.10. The van der Waals surface area contributed by atoms with Crippen LogP contribution in [-0.2, 0) is 0 Å². The fourth-order valence-electron chi connectivity index (χ4n) is 4.69. The summed E-state index contributed by atoms with van der Waals surface area (Å²) in [6.45, 7) is 0. The summed E-state index contributed by atoms with van der Waals surface area (Å²) in [4.78, 5) is 11.1. The lowest BCUT2D eigenvalue weighted by molar-refractivity contribution is -0.540. The Kier molecular flexibility index (Phi) is 2.22. The summed E-state index contributed by atoms with van der Waals surface area (Å²) in [7, 11) is 0. The van der Waals surface area contributed by atoms with Crippen LogP contribution in [-0.4, -0.2) is 11.0 Å². The van der Waals surface area contributed by atoms with Crippen molar-refractivity contribution in [2.24, 2.45) is 23.7 Å². The molecular formula is C12H19NO2. The topological polar surface area (TPSA) is 43.1 Å². The molecule has 15 heavy (non-hydrogen) atoms. The third-order valence-corrected chi connectivity index (χ3v) is 5.20. The van der Waals surface area contributed by atoms with Crippen LogP contribution in [0.1, 0.15) is 44.9 Å². The van der Waals surface area contributed by atoms with Gasteiger partial charge in [-0.1, -0.05) is 12.8 Å². The third kappa shape index (κ3) is 1.39. The summed E-state index contributed by atoms with van der Waals surface area (Å²) in [5.41, 5.74) is 0. The van der Waals surface area contributed by atoms with E-state index in [1.165, 1.54) is 25.7 Å². The second-order valence-corrected chi connectivity index (χ2v) is 5.70. The van der Waals surface area contributed by atoms with Gasteiger partial charge in [-0.3, -0.25) is 10.1 Å². The van der Waals surface area contributed by atoms with Crippen LogP contribution in [0.3, 0.4) is 0 Å². The first-order valence-electron chi connectivity index (χ1n) is 6.41. The van der Waals surface area contributed by atoms with Gasteiger partial charge in [-0.05, 0) is 43.4 Å². The SMILES string of the molecule is O=[N+]([O-])C1CCC2CCC3CCCC1C32. The van der Waals surface area contributed by atoms with Crippen molar-refractivity contribution in [2.45, 2.75) is 51.0 Å². The molecule has 3 aliphatic rings. The molecule has 0 N–H and O–H groups in total. The molecule has 0 saturated heterocycles. The molecule has 84 valence electrons. The highest BCUT2D eigenvalue weighted by Crippen LogP contribution is 2.54. The van der Waals surface area contributed by atoms with Crippen molar-refractivity contribution in [3.63, 3.8) is 0 Å². The van der Waals surface area contributed by atoms with Crippen LogP contribution in [0.4, 0.5) is 0 Å². The van der Waals surface area contributed by atoms with Gasteiger partial charge >= 0.3 is 0 Å². The Bertz CT molecular complexity index is 273. The molecule has 0 aromatic heterocycles. The Labute approximate surface area is 90.4 Å². The van der Waals surface area contributed by atoms with Gasteiger partial charge in [-0.2, -0.15) is 0 Å². The largest absolute Gasteiger partial charge is 0.264 e. The van der Waals surface area contributed by atoms with E-state index in [1.807, 2.05) is 0 Å². The smallest absolute Gasteiger partial charge is 0.216 e. The van der Waals surface area contributed by atoms with Crippen molar-refractivity contribution in [3.8, 4) is 0 Å². The highest BCUT2D eigenvalue weighted by atomic mass is 16.6. The summed E-state index contributed by atoms with van der Waals surface area (Å²) >= 11 is 0. The zero-order chi connectivity index (χ0) is 10.4. The monoisotopic (exact) mass is 209 g/mol. The van der Waals surface area contributed by atoms with Crippen LogP contribution in [0, 0.1) is 33.8 Å². The quantitative estimate of drug-likeness (QED) is 0.492. The summed E-state index contributed by atoms with van der Waals surface area (Å²) in [5.74, 6) is 2.84. The summed E-state index contributed by atoms with van der Waals surface area (Å²) in [6.07, 6.45) is 8.41. The predicted molar refractivity (Wildman–Crippen MR) is 57.1 cm³/mol. The second kappa shape index (κ2) is 3.46. The molecule has 0 aliphatic heterocycles. The minimum absolute atomic E-state index is 0.0155. The normalized spacial score (nSPS) is 48.7. The lowest BCUT2D eigenvalue weighted by Crippen LogP contribution is -2.44. The first-order valence-corrected chi connectivity index (χ1v) is 6.41. The molecule has 0 aromatic carbocycles. The maximum absolute atomic E-state index is 11.0. The molecule has 3 aliphatic carbocycles. The summed E-state index contributed by atoms with van der Waals surface area (Å²) in [6, 6.07) is -0.202. The van der Waals surface area contributed by atoms with Gasteiger partial charge in [-0.25, -0.2) is 0 Å². The van der Waals surface area contributed by atoms with Crippen molar-refractivity contribution in [1.29, 1.82) is 0 Å². The van der Waals surface area contributed by atoms with Gasteiger partial charge in [0, 0.05) is 17.3 Å². The minimum Gasteiger partial charge on any atom is -0.264 e. The van der Waals surface area contributed by atoms with E-state index < -0.39 is 0 Å². The molecule has 3 rings (SSSR count). The van der Waals surface area contributed by atoms with Crippen molar-refractivity contribution in [1.82, 2.24) is 0 Å². The first-order chi connectivity index (χ1) is 7.27. The molecule has 0 aromatic rings. The highest BCUT2D eigenvalue weighted by Gasteiger charge is 2.52. The zero-order valence-corrected chi connectivity index (χ0v) is 9.10. The van der Waals surface area contributed by atoms with Crippen molar-refractivity contribution in [2.75, 3.05) is 0 Å². The average molecular weight is 209 g/mol.